The summed E-state index contributed by atoms with van der Waals surface area (Å²) in [7, 11) is 0. The molecule has 4 heteroatoms. The third-order valence-electron chi connectivity index (χ3n) is 13.6. The molecule has 0 aliphatic heterocycles. The number of fused-ring (bicyclic) bond motifs is 7. The van der Waals surface area contributed by atoms with Crippen LogP contribution in [0.25, 0.3) is 0 Å². The fourth-order valence-electron chi connectivity index (χ4n) is 11.1. The molecule has 37 heavy (non-hydrogen) atoms. The van der Waals surface area contributed by atoms with Gasteiger partial charge in [0.25, 0.3) is 0 Å². The minimum atomic E-state index is -0.575. The van der Waals surface area contributed by atoms with Gasteiger partial charge in [-0.2, -0.15) is 0 Å². The van der Waals surface area contributed by atoms with E-state index in [2.05, 4.69) is 54.5 Å². The monoisotopic (exact) mass is 512 g/mol. The zero-order valence-electron chi connectivity index (χ0n) is 24.8. The summed E-state index contributed by atoms with van der Waals surface area (Å²) in [6.45, 7) is 18.9. The van der Waals surface area contributed by atoms with Crippen molar-refractivity contribution in [3.05, 3.63) is 11.6 Å². The Balaban J connectivity index is 1.53. The van der Waals surface area contributed by atoms with Gasteiger partial charge in [-0.1, -0.05) is 67.0 Å². The van der Waals surface area contributed by atoms with E-state index in [0.717, 1.165) is 51.4 Å². The van der Waals surface area contributed by atoms with Gasteiger partial charge in [0.15, 0.2) is 0 Å². The lowest BCUT2D eigenvalue weighted by Gasteiger charge is -2.71. The molecule has 8 atom stereocenters. The Labute approximate surface area is 225 Å². The maximum atomic E-state index is 12.8. The average molecular weight is 513 g/mol. The van der Waals surface area contributed by atoms with Gasteiger partial charge >= 0.3 is 11.9 Å². The number of rotatable bonds is 3. The number of carbonyl (C=O) groups excluding carboxylic acids is 1. The highest BCUT2D eigenvalue weighted by atomic mass is 16.5. The summed E-state index contributed by atoms with van der Waals surface area (Å²) in [5.41, 5.74) is 1.50. The van der Waals surface area contributed by atoms with Gasteiger partial charge in [0, 0.05) is 11.8 Å². The molecule has 1 N–H and O–H groups in total. The van der Waals surface area contributed by atoms with E-state index in [4.69, 9.17) is 4.74 Å². The van der Waals surface area contributed by atoms with Crippen molar-refractivity contribution >= 4 is 11.9 Å². The Morgan fingerprint density at radius 3 is 2.24 bits per heavy atom. The highest BCUT2D eigenvalue weighted by Gasteiger charge is 2.69. The number of esters is 1. The van der Waals surface area contributed by atoms with E-state index in [1.807, 2.05) is 6.92 Å². The quantitative estimate of drug-likeness (QED) is 0.306. The topological polar surface area (TPSA) is 63.6 Å². The van der Waals surface area contributed by atoms with Gasteiger partial charge < -0.3 is 9.84 Å². The zero-order valence-corrected chi connectivity index (χ0v) is 24.8. The number of carbonyl (C=O) groups is 2. The van der Waals surface area contributed by atoms with Crippen molar-refractivity contribution in [2.75, 3.05) is 0 Å². The molecule has 0 unspecified atom stereocenters. The Hall–Kier alpha value is -1.32. The first-order valence-corrected chi connectivity index (χ1v) is 15.2. The van der Waals surface area contributed by atoms with Crippen LogP contribution in [0.15, 0.2) is 11.6 Å². The minimum Gasteiger partial charge on any atom is -0.481 e. The molecular weight excluding hydrogens is 460 g/mol. The molecule has 0 amide bonds. The van der Waals surface area contributed by atoms with E-state index in [1.54, 1.807) is 0 Å². The molecular formula is C33H52O4. The largest absolute Gasteiger partial charge is 0.481 e. The zero-order chi connectivity index (χ0) is 27.2. The third kappa shape index (κ3) is 3.58. The molecule has 0 aromatic heterocycles. The number of aliphatic carboxylic acids is 1. The Bertz CT molecular complexity index is 1010. The molecule has 0 bridgehead atoms. The van der Waals surface area contributed by atoms with Crippen LogP contribution in [-0.4, -0.2) is 23.1 Å². The highest BCUT2D eigenvalue weighted by Crippen LogP contribution is 2.75. The molecule has 0 saturated heterocycles. The summed E-state index contributed by atoms with van der Waals surface area (Å²) >= 11 is 0. The van der Waals surface area contributed by atoms with Crippen LogP contribution >= 0.6 is 0 Å². The molecule has 0 aromatic rings. The lowest BCUT2D eigenvalue weighted by atomic mass is 9.33. The first kappa shape index (κ1) is 27.3. The first-order chi connectivity index (χ1) is 17.1. The van der Waals surface area contributed by atoms with E-state index >= 15 is 0 Å². The first-order valence-electron chi connectivity index (χ1n) is 15.2. The van der Waals surface area contributed by atoms with E-state index in [-0.39, 0.29) is 45.1 Å². The summed E-state index contributed by atoms with van der Waals surface area (Å²) < 4.78 is 6.02. The van der Waals surface area contributed by atoms with Crippen LogP contribution < -0.4 is 0 Å². The van der Waals surface area contributed by atoms with Crippen LogP contribution in [-0.2, 0) is 14.3 Å². The molecule has 208 valence electrons. The molecule has 5 aliphatic carbocycles. The number of carboxylic acids is 1. The molecule has 5 aliphatic rings. The fraction of sp³-hybridized carbons (Fsp3) is 0.879. The predicted octanol–water partition coefficient (Wildman–Crippen LogP) is 8.19. The van der Waals surface area contributed by atoms with Crippen LogP contribution in [0, 0.1) is 50.2 Å². The standard InChI is InChI=1S/C33H52O4/c1-9-26(34)37-25-13-14-30(6)23(29(25,4)5)12-15-32(8)24(30)11-10-21-22-20-28(2,3)16-18-33(22,27(35)36)19-17-31(21,32)7/h10,22-25H,9,11-20H2,1-8H3,(H,35,36)/t22-,23-,24+,25-,30-,31+,32+,33-/m0/s1. The molecule has 5 rings (SSSR count). The Kier molecular flexibility index (Phi) is 6.14. The predicted molar refractivity (Wildman–Crippen MR) is 147 cm³/mol. The van der Waals surface area contributed by atoms with Crippen LogP contribution in [0.3, 0.4) is 0 Å². The molecule has 4 saturated carbocycles. The smallest absolute Gasteiger partial charge is 0.310 e. The van der Waals surface area contributed by atoms with Crippen molar-refractivity contribution in [3.8, 4) is 0 Å². The second kappa shape index (κ2) is 8.34. The Morgan fingerprint density at radius 2 is 1.59 bits per heavy atom. The maximum absolute atomic E-state index is 12.8. The molecule has 0 radical (unpaired) electrons. The van der Waals surface area contributed by atoms with Gasteiger partial charge in [-0.15, -0.1) is 0 Å². The molecule has 0 aromatic carbocycles. The van der Waals surface area contributed by atoms with Crippen molar-refractivity contribution in [1.29, 1.82) is 0 Å². The van der Waals surface area contributed by atoms with Crippen LogP contribution in [0.5, 0.6) is 0 Å². The van der Waals surface area contributed by atoms with Crippen molar-refractivity contribution in [1.82, 2.24) is 0 Å². The third-order valence-corrected chi connectivity index (χ3v) is 13.6. The summed E-state index contributed by atoms with van der Waals surface area (Å²) in [4.78, 5) is 25.1. The normalized spacial score (nSPS) is 47.8. The lowest BCUT2D eigenvalue weighted by Crippen LogP contribution is -2.65. The van der Waals surface area contributed by atoms with Crippen molar-refractivity contribution < 1.29 is 19.4 Å². The fourth-order valence-corrected chi connectivity index (χ4v) is 11.1. The molecule has 4 fully saturated rings. The van der Waals surface area contributed by atoms with Gasteiger partial charge in [-0.25, -0.2) is 0 Å². The summed E-state index contributed by atoms with van der Waals surface area (Å²) in [6.07, 6.45) is 13.1. The van der Waals surface area contributed by atoms with Gasteiger partial charge in [0.2, 0.25) is 0 Å². The van der Waals surface area contributed by atoms with Crippen molar-refractivity contribution in [2.24, 2.45) is 50.2 Å². The Morgan fingerprint density at radius 1 is 0.919 bits per heavy atom. The van der Waals surface area contributed by atoms with Crippen LogP contribution in [0.1, 0.15) is 126 Å². The number of ether oxygens (including phenoxy) is 1. The van der Waals surface area contributed by atoms with Crippen LogP contribution in [0.2, 0.25) is 0 Å². The summed E-state index contributed by atoms with van der Waals surface area (Å²) in [5, 5.41) is 10.6. The summed E-state index contributed by atoms with van der Waals surface area (Å²) in [6, 6.07) is 0. The van der Waals surface area contributed by atoms with Crippen LogP contribution in [0.4, 0.5) is 0 Å². The minimum absolute atomic E-state index is 0.00277. The van der Waals surface area contributed by atoms with E-state index in [1.165, 1.54) is 18.4 Å². The van der Waals surface area contributed by atoms with E-state index < -0.39 is 11.4 Å². The number of hydrogen-bond donors (Lipinski definition) is 1. The number of allylic oxidation sites excluding steroid dienone is 2. The van der Waals surface area contributed by atoms with E-state index in [0.29, 0.717) is 18.3 Å². The number of hydrogen-bond acceptors (Lipinski definition) is 3. The van der Waals surface area contributed by atoms with Gasteiger partial charge in [0.1, 0.15) is 6.10 Å². The van der Waals surface area contributed by atoms with E-state index in [9.17, 15) is 14.7 Å². The van der Waals surface area contributed by atoms with Gasteiger partial charge in [-0.3, -0.25) is 9.59 Å². The summed E-state index contributed by atoms with van der Waals surface area (Å²) in [5.74, 6) is 0.635. The second-order valence-corrected chi connectivity index (χ2v) is 15.9. The molecule has 0 spiro atoms. The maximum Gasteiger partial charge on any atom is 0.310 e. The van der Waals surface area contributed by atoms with Crippen molar-refractivity contribution in [3.63, 3.8) is 0 Å². The SMILES string of the molecule is CCC(=O)O[C@H]1CC[C@]2(C)[C@H]3CC=C4[C@@H]5CC(C)(C)CC[C@]5(C(=O)O)CC[C@@]4(C)[C@]3(C)CC[C@H]2C1(C)C. The van der Waals surface area contributed by atoms with Crippen molar-refractivity contribution in [2.45, 2.75) is 132 Å². The molecule has 0 heterocycles. The van der Waals surface area contributed by atoms with Gasteiger partial charge in [-0.05, 0) is 104 Å². The highest BCUT2D eigenvalue weighted by molar-refractivity contribution is 5.76. The number of carboxylic acid groups (broad SMARTS) is 1. The van der Waals surface area contributed by atoms with Gasteiger partial charge in [0.05, 0.1) is 5.41 Å². The molecule has 4 nitrogen and oxygen atoms in total. The average Bonchev–Trinajstić information content (AvgIpc) is 2.80. The lowest BCUT2D eigenvalue weighted by molar-refractivity contribution is -0.213. The second-order valence-electron chi connectivity index (χ2n) is 15.9.